The van der Waals surface area contributed by atoms with Crippen molar-refractivity contribution in [3.8, 4) is 0 Å². The monoisotopic (exact) mass is 195 g/mol. The van der Waals surface area contributed by atoms with Gasteiger partial charge in [-0.05, 0) is 0 Å². The summed E-state index contributed by atoms with van der Waals surface area (Å²) >= 11 is 0. The molecule has 0 aliphatic rings. The van der Waals surface area contributed by atoms with Crippen LogP contribution in [0, 0.1) is 0 Å². The Morgan fingerprint density at radius 2 is 1.00 bits per heavy atom. The van der Waals surface area contributed by atoms with E-state index in [1.165, 1.54) is 0 Å². The first kappa shape index (κ1) is 30.1. The average Bonchev–Trinajstić information content (AvgIpc) is 1.52. The standard InChI is InChI=1S/C6H14N.C4H9O.3Li.H/c1-5(2)7-6(3)4;1-4(2,3)5;;;;/h5-6H,1-4H3;1-3H3;;;;/q2*-1;;2*+1;. The molecule has 0 N–H and O–H groups in total. The molecule has 0 spiro atoms. The van der Waals surface area contributed by atoms with Crippen LogP contribution in [0.15, 0.2) is 0 Å². The van der Waals surface area contributed by atoms with Gasteiger partial charge in [-0.3, -0.25) is 0 Å². The van der Waals surface area contributed by atoms with Gasteiger partial charge in [-0.25, -0.2) is 0 Å². The van der Waals surface area contributed by atoms with E-state index in [1.807, 2.05) is 0 Å². The summed E-state index contributed by atoms with van der Waals surface area (Å²) in [7, 11) is 0. The van der Waals surface area contributed by atoms with Crippen molar-refractivity contribution in [1.82, 2.24) is 0 Å². The summed E-state index contributed by atoms with van der Waals surface area (Å²) in [5, 5.41) is 14.4. The molecule has 0 bridgehead atoms. The minimum absolute atomic E-state index is 0. The summed E-state index contributed by atoms with van der Waals surface area (Å²) < 4.78 is 0. The van der Waals surface area contributed by atoms with E-state index in [0.717, 1.165) is 0 Å². The van der Waals surface area contributed by atoms with E-state index >= 15 is 0 Å². The van der Waals surface area contributed by atoms with Crippen LogP contribution in [0.5, 0.6) is 0 Å². The van der Waals surface area contributed by atoms with Crippen molar-refractivity contribution in [1.29, 1.82) is 0 Å². The van der Waals surface area contributed by atoms with E-state index in [0.29, 0.717) is 12.1 Å². The number of hydrogen-bond donors (Lipinski definition) is 0. The van der Waals surface area contributed by atoms with Crippen LogP contribution in [0.1, 0.15) is 48.5 Å². The summed E-state index contributed by atoms with van der Waals surface area (Å²) in [5.74, 6) is 0. The van der Waals surface area contributed by atoms with E-state index in [4.69, 9.17) is 0 Å². The Bertz CT molecular complexity index is 91.3. The summed E-state index contributed by atoms with van der Waals surface area (Å²) in [6.07, 6.45) is 0. The quantitative estimate of drug-likeness (QED) is 0.411. The van der Waals surface area contributed by atoms with Crippen molar-refractivity contribution in [2.75, 3.05) is 0 Å². The van der Waals surface area contributed by atoms with E-state index < -0.39 is 5.60 Å². The van der Waals surface area contributed by atoms with Crippen LogP contribution in [0.25, 0.3) is 5.32 Å². The molecule has 0 unspecified atom stereocenters. The van der Waals surface area contributed by atoms with Crippen molar-refractivity contribution >= 4 is 18.9 Å². The molecule has 0 aliphatic carbocycles. The molecule has 0 saturated carbocycles. The van der Waals surface area contributed by atoms with E-state index in [9.17, 15) is 5.11 Å². The van der Waals surface area contributed by atoms with E-state index in [2.05, 4.69) is 33.0 Å². The fourth-order valence-corrected chi connectivity index (χ4v) is 0.596. The van der Waals surface area contributed by atoms with Gasteiger partial charge in [-0.1, -0.05) is 48.5 Å². The van der Waals surface area contributed by atoms with Crippen molar-refractivity contribution in [3.63, 3.8) is 0 Å². The predicted octanol–water partition coefficient (Wildman–Crippen LogP) is -4.32. The topological polar surface area (TPSA) is 37.2 Å². The molecule has 78 valence electrons. The van der Waals surface area contributed by atoms with Crippen molar-refractivity contribution in [3.05, 3.63) is 5.32 Å². The van der Waals surface area contributed by atoms with Crippen LogP contribution in [0.4, 0.5) is 0 Å². The molecular formula is C10H24Li3NO. The second kappa shape index (κ2) is 15.7. The Labute approximate surface area is 132 Å². The fourth-order valence-electron chi connectivity index (χ4n) is 0.596. The number of nitrogens with zero attached hydrogens (tertiary/aromatic N) is 1. The second-order valence-corrected chi connectivity index (χ2v) is 4.45. The van der Waals surface area contributed by atoms with Gasteiger partial charge in [0.15, 0.2) is 0 Å². The molecule has 0 aromatic carbocycles. The van der Waals surface area contributed by atoms with Crippen LogP contribution in [0.3, 0.4) is 0 Å². The Kier molecular flexibility index (Phi) is 31.5. The van der Waals surface area contributed by atoms with Gasteiger partial charge in [-0.15, -0.1) is 17.7 Å². The van der Waals surface area contributed by atoms with E-state index in [1.54, 1.807) is 20.8 Å². The third-order valence-electron chi connectivity index (χ3n) is 0.596. The van der Waals surface area contributed by atoms with E-state index in [-0.39, 0.29) is 56.6 Å². The number of rotatable bonds is 2. The predicted molar refractivity (Wildman–Crippen MR) is 60.5 cm³/mol. The average molecular weight is 195 g/mol. The molecule has 15 heavy (non-hydrogen) atoms. The third kappa shape index (κ3) is 90.5. The maximum atomic E-state index is 10.1. The third-order valence-corrected chi connectivity index (χ3v) is 0.596. The fraction of sp³-hybridized carbons (Fsp3) is 1.00. The second-order valence-electron chi connectivity index (χ2n) is 4.45. The molecule has 0 amide bonds. The Balaban J connectivity index is -0.0000000383. The van der Waals surface area contributed by atoms with Crippen molar-refractivity contribution in [2.45, 2.75) is 66.2 Å². The van der Waals surface area contributed by atoms with Gasteiger partial charge in [0.05, 0.1) is 0 Å². The van der Waals surface area contributed by atoms with Crippen LogP contribution in [-0.2, 0) is 0 Å². The minimum atomic E-state index is -0.750. The molecule has 0 fully saturated rings. The first-order valence-electron chi connectivity index (χ1n) is 4.53. The molecule has 0 rings (SSSR count). The first-order chi connectivity index (χ1) is 5.13. The summed E-state index contributed by atoms with van der Waals surface area (Å²) in [5.41, 5.74) is -0.750. The molecule has 5 heteroatoms. The molecule has 0 aliphatic heterocycles. The zero-order valence-corrected chi connectivity index (χ0v) is 11.5. The Hall–Kier alpha value is 1.71. The summed E-state index contributed by atoms with van der Waals surface area (Å²) in [4.78, 5) is 0. The molecule has 0 aromatic rings. The van der Waals surface area contributed by atoms with Gasteiger partial charge in [0, 0.05) is 0 Å². The normalized spacial score (nSPS) is 9.20. The zero-order chi connectivity index (χ0) is 10.4. The Morgan fingerprint density at radius 1 is 0.867 bits per heavy atom. The number of hydrogen-bond acceptors (Lipinski definition) is 1. The maximum absolute atomic E-state index is 10.1. The van der Waals surface area contributed by atoms with Gasteiger partial charge in [0.25, 0.3) is 0 Å². The SMILES string of the molecule is CC(C)(C)[O-].CC(C)[N-]C(C)C.[Li+].[Li+].[LiH]. The molecule has 0 saturated heterocycles. The van der Waals surface area contributed by atoms with Crippen molar-refractivity contribution < 1.29 is 42.8 Å². The van der Waals surface area contributed by atoms with Crippen LogP contribution in [0.2, 0.25) is 0 Å². The summed E-state index contributed by atoms with van der Waals surface area (Å²) in [6, 6.07) is 1.000. The van der Waals surface area contributed by atoms with Gasteiger partial charge < -0.3 is 10.4 Å². The zero-order valence-electron chi connectivity index (χ0n) is 11.5. The van der Waals surface area contributed by atoms with Crippen LogP contribution in [-0.4, -0.2) is 36.5 Å². The van der Waals surface area contributed by atoms with Crippen molar-refractivity contribution in [2.24, 2.45) is 0 Å². The van der Waals surface area contributed by atoms with Gasteiger partial charge >= 0.3 is 56.6 Å². The molecule has 0 atom stereocenters. The van der Waals surface area contributed by atoms with Gasteiger partial charge in [-0.2, -0.15) is 0 Å². The molecule has 2 nitrogen and oxygen atoms in total. The van der Waals surface area contributed by atoms with Crippen LogP contribution < -0.4 is 42.8 Å². The van der Waals surface area contributed by atoms with Gasteiger partial charge in [0.2, 0.25) is 0 Å². The summed E-state index contributed by atoms with van der Waals surface area (Å²) in [6.45, 7) is 13.3. The molecule has 0 radical (unpaired) electrons. The molecular weight excluding hydrogens is 171 g/mol. The first-order valence-corrected chi connectivity index (χ1v) is 4.53. The Morgan fingerprint density at radius 3 is 1.00 bits per heavy atom. The van der Waals surface area contributed by atoms with Crippen LogP contribution >= 0.6 is 0 Å². The van der Waals surface area contributed by atoms with Gasteiger partial charge in [0.1, 0.15) is 0 Å². The molecule has 0 heterocycles. The molecule has 0 aromatic heterocycles.